The Bertz CT molecular complexity index is 837. The summed E-state index contributed by atoms with van der Waals surface area (Å²) in [5.74, 6) is -6.24. The van der Waals surface area contributed by atoms with Crippen molar-refractivity contribution in [2.75, 3.05) is 20.6 Å². The Morgan fingerprint density at radius 3 is 2.42 bits per heavy atom. The summed E-state index contributed by atoms with van der Waals surface area (Å²) in [5.41, 5.74) is -2.10. The van der Waals surface area contributed by atoms with Crippen LogP contribution in [0.1, 0.15) is 16.8 Å². The highest BCUT2D eigenvalue weighted by Gasteiger charge is 2.21. The number of hydrogen-bond acceptors (Lipinski definition) is 3. The third kappa shape index (κ3) is 3.70. The van der Waals surface area contributed by atoms with Crippen molar-refractivity contribution in [1.29, 1.82) is 0 Å². The zero-order valence-electron chi connectivity index (χ0n) is 13.0. The molecule has 0 saturated carbocycles. The first-order valence-corrected chi connectivity index (χ1v) is 6.82. The van der Waals surface area contributed by atoms with E-state index < -0.39 is 45.3 Å². The minimum Gasteiger partial charge on any atom is -0.477 e. The Morgan fingerprint density at radius 1 is 1.25 bits per heavy atom. The second-order valence-electron chi connectivity index (χ2n) is 5.41. The van der Waals surface area contributed by atoms with Gasteiger partial charge in [-0.3, -0.25) is 4.79 Å². The van der Waals surface area contributed by atoms with E-state index in [2.05, 4.69) is 0 Å². The van der Waals surface area contributed by atoms with Crippen LogP contribution < -0.4 is 5.43 Å². The van der Waals surface area contributed by atoms with Crippen LogP contribution in [0.15, 0.2) is 17.1 Å². The van der Waals surface area contributed by atoms with E-state index in [0.29, 0.717) is 19.0 Å². The van der Waals surface area contributed by atoms with Crippen LogP contribution in [-0.4, -0.2) is 41.2 Å². The van der Waals surface area contributed by atoms with Gasteiger partial charge in [0.25, 0.3) is 0 Å². The third-order valence-electron chi connectivity index (χ3n) is 3.43. The lowest BCUT2D eigenvalue weighted by atomic mass is 10.1. The van der Waals surface area contributed by atoms with E-state index >= 15 is 0 Å². The van der Waals surface area contributed by atoms with Gasteiger partial charge in [-0.25, -0.2) is 18.0 Å². The number of carboxylic acid groups (broad SMARTS) is 1. The van der Waals surface area contributed by atoms with Crippen molar-refractivity contribution in [3.8, 4) is 0 Å². The highest BCUT2D eigenvalue weighted by atomic mass is 35.5. The summed E-state index contributed by atoms with van der Waals surface area (Å²) in [6.45, 7) is 0.762. The molecule has 1 aromatic carbocycles. The van der Waals surface area contributed by atoms with Crippen LogP contribution in [0.2, 0.25) is 0 Å². The van der Waals surface area contributed by atoms with Crippen molar-refractivity contribution in [2.45, 2.75) is 13.0 Å². The topological polar surface area (TPSA) is 62.5 Å². The molecule has 0 aliphatic carbocycles. The van der Waals surface area contributed by atoms with E-state index in [9.17, 15) is 22.8 Å². The summed E-state index contributed by atoms with van der Waals surface area (Å²) < 4.78 is 42.1. The van der Waals surface area contributed by atoms with Crippen LogP contribution in [0.5, 0.6) is 0 Å². The van der Waals surface area contributed by atoms with Crippen molar-refractivity contribution in [3.63, 3.8) is 0 Å². The minimum absolute atomic E-state index is 0. The van der Waals surface area contributed by atoms with Gasteiger partial charge < -0.3 is 14.6 Å². The molecule has 0 unspecified atom stereocenters. The molecule has 1 heterocycles. The Balaban J connectivity index is 0.00000288. The summed E-state index contributed by atoms with van der Waals surface area (Å²) in [6, 6.07) is 0.533. The van der Waals surface area contributed by atoms with Crippen molar-refractivity contribution in [2.24, 2.45) is 0 Å². The van der Waals surface area contributed by atoms with Crippen LogP contribution in [0.25, 0.3) is 10.9 Å². The predicted octanol–water partition coefficient (Wildman–Crippen LogP) is 2.49. The van der Waals surface area contributed by atoms with Gasteiger partial charge in [-0.1, -0.05) is 0 Å². The SMILES string of the molecule is CN(C)CCCn1cc(C(=O)O)c(=O)c2cc(F)c(F)c(F)c21.Cl. The highest BCUT2D eigenvalue weighted by molar-refractivity contribution is 5.92. The summed E-state index contributed by atoms with van der Waals surface area (Å²) in [4.78, 5) is 25.1. The van der Waals surface area contributed by atoms with Crippen molar-refractivity contribution in [3.05, 3.63) is 45.5 Å². The number of pyridine rings is 1. The van der Waals surface area contributed by atoms with Gasteiger partial charge in [-0.05, 0) is 33.1 Å². The average molecular weight is 365 g/mol. The molecule has 0 fully saturated rings. The first-order chi connectivity index (χ1) is 10.7. The van der Waals surface area contributed by atoms with Gasteiger partial charge in [0.05, 0.1) is 10.9 Å². The molecule has 2 rings (SSSR count). The molecular weight excluding hydrogens is 349 g/mol. The lowest BCUT2D eigenvalue weighted by Crippen LogP contribution is -2.22. The molecule has 0 saturated heterocycles. The summed E-state index contributed by atoms with van der Waals surface area (Å²) in [6.07, 6.45) is 1.46. The number of hydrogen-bond donors (Lipinski definition) is 1. The zero-order chi connectivity index (χ0) is 17.3. The van der Waals surface area contributed by atoms with E-state index in [1.165, 1.54) is 0 Å². The number of halogens is 4. The van der Waals surface area contributed by atoms with Crippen LogP contribution >= 0.6 is 12.4 Å². The molecule has 9 heteroatoms. The molecule has 1 N–H and O–H groups in total. The summed E-state index contributed by atoms with van der Waals surface area (Å²) in [7, 11) is 3.64. The number of carboxylic acids is 1. The average Bonchev–Trinajstić information content (AvgIpc) is 2.46. The van der Waals surface area contributed by atoms with Crippen molar-refractivity contribution < 1.29 is 23.1 Å². The quantitative estimate of drug-likeness (QED) is 0.828. The second-order valence-corrected chi connectivity index (χ2v) is 5.41. The second kappa shape index (κ2) is 7.67. The minimum atomic E-state index is -1.69. The van der Waals surface area contributed by atoms with E-state index in [-0.39, 0.29) is 19.0 Å². The number of aromatic nitrogens is 1. The van der Waals surface area contributed by atoms with Gasteiger partial charge in [0.2, 0.25) is 5.43 Å². The van der Waals surface area contributed by atoms with E-state index in [0.717, 1.165) is 10.8 Å². The first-order valence-electron chi connectivity index (χ1n) is 6.82. The molecule has 24 heavy (non-hydrogen) atoms. The maximum Gasteiger partial charge on any atom is 0.341 e. The Labute approximate surface area is 141 Å². The number of rotatable bonds is 5. The monoisotopic (exact) mass is 364 g/mol. The van der Waals surface area contributed by atoms with Gasteiger partial charge in [-0.15, -0.1) is 12.4 Å². The molecule has 0 aliphatic heterocycles. The largest absolute Gasteiger partial charge is 0.477 e. The summed E-state index contributed by atoms with van der Waals surface area (Å²) >= 11 is 0. The fourth-order valence-electron chi connectivity index (χ4n) is 2.35. The van der Waals surface area contributed by atoms with Crippen LogP contribution in [0.3, 0.4) is 0 Å². The smallest absolute Gasteiger partial charge is 0.341 e. The lowest BCUT2D eigenvalue weighted by Gasteiger charge is -2.15. The number of aryl methyl sites for hydroxylation is 1. The van der Waals surface area contributed by atoms with Gasteiger partial charge in [0.15, 0.2) is 17.5 Å². The predicted molar refractivity (Wildman–Crippen MR) is 85.5 cm³/mol. The molecule has 132 valence electrons. The molecule has 1 aromatic heterocycles. The standard InChI is InChI=1S/C15H15F3N2O3.ClH/c1-19(2)4-3-5-20-7-9(15(22)23)14(21)8-6-10(16)11(17)12(18)13(8)20;/h6-7H,3-5H2,1-2H3,(H,22,23);1H. The van der Waals surface area contributed by atoms with Gasteiger partial charge in [0, 0.05) is 12.7 Å². The number of fused-ring (bicyclic) bond motifs is 1. The molecule has 0 bridgehead atoms. The fourth-order valence-corrected chi connectivity index (χ4v) is 2.35. The third-order valence-corrected chi connectivity index (χ3v) is 3.43. The van der Waals surface area contributed by atoms with E-state index in [1.807, 2.05) is 19.0 Å². The molecule has 5 nitrogen and oxygen atoms in total. The number of carbonyl (C=O) groups is 1. The Kier molecular flexibility index (Phi) is 6.39. The number of nitrogens with zero attached hydrogens (tertiary/aromatic N) is 2. The fraction of sp³-hybridized carbons (Fsp3) is 0.333. The molecule has 0 radical (unpaired) electrons. The molecule has 2 aromatic rings. The highest BCUT2D eigenvalue weighted by Crippen LogP contribution is 2.22. The number of aromatic carboxylic acids is 1. The maximum absolute atomic E-state index is 14.1. The lowest BCUT2D eigenvalue weighted by molar-refractivity contribution is 0.0694. The molecule has 0 spiro atoms. The van der Waals surface area contributed by atoms with Gasteiger partial charge in [0.1, 0.15) is 5.56 Å². The van der Waals surface area contributed by atoms with Crippen LogP contribution in [0.4, 0.5) is 13.2 Å². The van der Waals surface area contributed by atoms with Crippen molar-refractivity contribution in [1.82, 2.24) is 9.47 Å². The number of benzene rings is 1. The normalized spacial score (nSPS) is 10.9. The first kappa shape index (κ1) is 20.0. The molecule has 0 amide bonds. The Hall–Kier alpha value is -2.06. The van der Waals surface area contributed by atoms with Gasteiger partial charge >= 0.3 is 5.97 Å². The van der Waals surface area contributed by atoms with Crippen molar-refractivity contribution >= 4 is 29.3 Å². The zero-order valence-corrected chi connectivity index (χ0v) is 13.8. The van der Waals surface area contributed by atoms with Gasteiger partial charge in [-0.2, -0.15) is 0 Å². The maximum atomic E-state index is 14.1. The Morgan fingerprint density at radius 2 is 1.88 bits per heavy atom. The van der Waals surface area contributed by atoms with E-state index in [4.69, 9.17) is 5.11 Å². The van der Waals surface area contributed by atoms with Crippen LogP contribution in [-0.2, 0) is 6.54 Å². The van der Waals surface area contributed by atoms with Crippen LogP contribution in [0, 0.1) is 17.5 Å². The van der Waals surface area contributed by atoms with E-state index in [1.54, 1.807) is 0 Å². The molecule has 0 aliphatic rings. The summed E-state index contributed by atoms with van der Waals surface area (Å²) in [5, 5.41) is 8.58. The molecule has 0 atom stereocenters. The molecular formula is C15H16ClF3N2O3.